The lowest BCUT2D eigenvalue weighted by Crippen LogP contribution is -2.56. The van der Waals surface area contributed by atoms with Crippen LogP contribution in [0.25, 0.3) is 0 Å². The van der Waals surface area contributed by atoms with E-state index in [9.17, 15) is 15.3 Å². The summed E-state index contributed by atoms with van der Waals surface area (Å²) in [6, 6.07) is 0. The van der Waals surface area contributed by atoms with Gasteiger partial charge < -0.3 is 24.8 Å². The number of aliphatic hydroxyl groups is 3. The first-order valence-corrected chi connectivity index (χ1v) is 13.7. The van der Waals surface area contributed by atoms with E-state index in [-0.39, 0.29) is 24.9 Å². The Morgan fingerprint density at radius 1 is 1.20 bits per heavy atom. The van der Waals surface area contributed by atoms with E-state index in [1.165, 1.54) is 11.1 Å². The summed E-state index contributed by atoms with van der Waals surface area (Å²) in [6.45, 7) is 12.9. The van der Waals surface area contributed by atoms with Gasteiger partial charge in [0, 0.05) is 13.0 Å². The minimum atomic E-state index is -1.17. The van der Waals surface area contributed by atoms with Gasteiger partial charge in [-0.15, -0.1) is 0 Å². The van der Waals surface area contributed by atoms with Gasteiger partial charge in [-0.3, -0.25) is 0 Å². The Morgan fingerprint density at radius 2 is 1.91 bits per heavy atom. The van der Waals surface area contributed by atoms with Crippen molar-refractivity contribution in [2.24, 2.45) is 23.7 Å². The molecule has 2 fully saturated rings. The molecule has 3 N–H and O–H groups in total. The summed E-state index contributed by atoms with van der Waals surface area (Å²) in [5.41, 5.74) is 1.48. The van der Waals surface area contributed by atoms with E-state index in [0.29, 0.717) is 42.9 Å². The first-order chi connectivity index (χ1) is 16.6. The zero-order valence-corrected chi connectivity index (χ0v) is 22.6. The SMILES string of the molecule is CC[C@H]1O[C@@H](/C(C)=C/[C@H](C)/C=C/[C@H]2[C@@H](C)[C@@H]2/C=C/[C@@H]2O[C@H](CCO)C[C@@](O)(CC)[C@H]2O)CC=C1C. The molecule has 198 valence electrons. The Labute approximate surface area is 212 Å². The summed E-state index contributed by atoms with van der Waals surface area (Å²) in [5.74, 6) is 1.76. The average Bonchev–Trinajstić information content (AvgIpc) is 3.46. The molecular weight excluding hydrogens is 440 g/mol. The van der Waals surface area contributed by atoms with E-state index >= 15 is 0 Å². The molecule has 0 unspecified atom stereocenters. The highest BCUT2D eigenvalue weighted by molar-refractivity contribution is 5.21. The van der Waals surface area contributed by atoms with Crippen molar-refractivity contribution in [1.29, 1.82) is 0 Å². The number of allylic oxidation sites excluding steroid dienone is 4. The van der Waals surface area contributed by atoms with Gasteiger partial charge >= 0.3 is 0 Å². The number of hydrogen-bond donors (Lipinski definition) is 3. The summed E-state index contributed by atoms with van der Waals surface area (Å²) in [7, 11) is 0. The summed E-state index contributed by atoms with van der Waals surface area (Å²) in [6.07, 6.45) is 15.2. The van der Waals surface area contributed by atoms with Crippen molar-refractivity contribution in [2.45, 2.75) is 110 Å². The van der Waals surface area contributed by atoms with Gasteiger partial charge in [0.15, 0.2) is 0 Å². The third-order valence-electron chi connectivity index (χ3n) is 8.43. The molecule has 35 heavy (non-hydrogen) atoms. The fourth-order valence-electron chi connectivity index (χ4n) is 5.73. The zero-order valence-electron chi connectivity index (χ0n) is 22.6. The lowest BCUT2D eigenvalue weighted by atomic mass is 9.81. The molecule has 10 atom stereocenters. The largest absolute Gasteiger partial charge is 0.396 e. The zero-order chi connectivity index (χ0) is 25.8. The molecule has 0 aromatic heterocycles. The van der Waals surface area contributed by atoms with Crippen LogP contribution in [0.5, 0.6) is 0 Å². The molecule has 3 rings (SSSR count). The van der Waals surface area contributed by atoms with Crippen LogP contribution in [0.4, 0.5) is 0 Å². The Morgan fingerprint density at radius 3 is 2.57 bits per heavy atom. The van der Waals surface area contributed by atoms with E-state index in [1.807, 2.05) is 13.0 Å². The molecule has 0 spiro atoms. The smallest absolute Gasteiger partial charge is 0.112 e. The molecular formula is C30H48O5. The molecule has 0 bridgehead atoms. The topological polar surface area (TPSA) is 79.2 Å². The van der Waals surface area contributed by atoms with Gasteiger partial charge in [-0.1, -0.05) is 64.2 Å². The molecule has 1 saturated heterocycles. The average molecular weight is 489 g/mol. The van der Waals surface area contributed by atoms with E-state index in [2.05, 4.69) is 65.0 Å². The van der Waals surface area contributed by atoms with Crippen LogP contribution in [0.3, 0.4) is 0 Å². The van der Waals surface area contributed by atoms with Crippen molar-refractivity contribution in [3.8, 4) is 0 Å². The lowest BCUT2D eigenvalue weighted by molar-refractivity contribution is -0.205. The van der Waals surface area contributed by atoms with Crippen molar-refractivity contribution in [1.82, 2.24) is 0 Å². The van der Waals surface area contributed by atoms with Gasteiger partial charge in [0.05, 0.1) is 23.9 Å². The van der Waals surface area contributed by atoms with Gasteiger partial charge in [0.25, 0.3) is 0 Å². The summed E-state index contributed by atoms with van der Waals surface area (Å²) in [5, 5.41) is 30.9. The molecule has 0 amide bonds. The Bertz CT molecular complexity index is 814. The second kappa shape index (κ2) is 12.3. The van der Waals surface area contributed by atoms with Crippen LogP contribution in [0.15, 0.2) is 47.6 Å². The lowest BCUT2D eigenvalue weighted by Gasteiger charge is -2.44. The van der Waals surface area contributed by atoms with Gasteiger partial charge in [0.2, 0.25) is 0 Å². The molecule has 2 aliphatic heterocycles. The van der Waals surface area contributed by atoms with Crippen LogP contribution in [-0.2, 0) is 9.47 Å². The molecule has 0 aromatic rings. The normalized spacial score (nSPS) is 41.4. The first kappa shape index (κ1) is 28.3. The van der Waals surface area contributed by atoms with Crippen molar-refractivity contribution >= 4 is 0 Å². The van der Waals surface area contributed by atoms with Crippen LogP contribution in [0.1, 0.15) is 73.6 Å². The molecule has 1 saturated carbocycles. The predicted octanol–water partition coefficient (Wildman–Crippen LogP) is 5.12. The fourth-order valence-corrected chi connectivity index (χ4v) is 5.73. The Hall–Kier alpha value is -1.24. The Kier molecular flexibility index (Phi) is 9.98. The van der Waals surface area contributed by atoms with E-state index < -0.39 is 17.8 Å². The summed E-state index contributed by atoms with van der Waals surface area (Å²) < 4.78 is 12.3. The third kappa shape index (κ3) is 6.95. The predicted molar refractivity (Wildman–Crippen MR) is 141 cm³/mol. The summed E-state index contributed by atoms with van der Waals surface area (Å²) >= 11 is 0. The van der Waals surface area contributed by atoms with E-state index in [4.69, 9.17) is 9.47 Å². The van der Waals surface area contributed by atoms with Crippen LogP contribution in [0.2, 0.25) is 0 Å². The number of ether oxygens (including phenoxy) is 2. The first-order valence-electron chi connectivity index (χ1n) is 13.7. The number of rotatable bonds is 10. The Balaban J connectivity index is 1.56. The maximum atomic E-state index is 10.9. The van der Waals surface area contributed by atoms with Crippen LogP contribution < -0.4 is 0 Å². The van der Waals surface area contributed by atoms with Crippen molar-refractivity contribution < 1.29 is 24.8 Å². The maximum absolute atomic E-state index is 10.9. The monoisotopic (exact) mass is 488 g/mol. The minimum absolute atomic E-state index is 0.0119. The minimum Gasteiger partial charge on any atom is -0.396 e. The molecule has 0 radical (unpaired) electrons. The quantitative estimate of drug-likeness (QED) is 0.372. The third-order valence-corrected chi connectivity index (χ3v) is 8.43. The molecule has 0 aromatic carbocycles. The van der Waals surface area contributed by atoms with Crippen molar-refractivity contribution in [2.75, 3.05) is 6.61 Å². The fraction of sp³-hybridized carbons (Fsp3) is 0.733. The number of aliphatic hydroxyl groups excluding tert-OH is 2. The van der Waals surface area contributed by atoms with Gasteiger partial charge in [-0.2, -0.15) is 0 Å². The maximum Gasteiger partial charge on any atom is 0.112 e. The highest BCUT2D eigenvalue weighted by Gasteiger charge is 2.47. The second-order valence-electron chi connectivity index (χ2n) is 11.1. The molecule has 1 aliphatic carbocycles. The van der Waals surface area contributed by atoms with E-state index in [0.717, 1.165) is 12.8 Å². The standard InChI is InChI=1S/C30H48O5/c1-7-26-20(4)10-13-27(35-26)21(5)17-19(3)9-11-24-22(6)25(24)12-14-28-29(32)30(33,8-2)18-23(34-28)15-16-31/h9-12,14,17,19,22-29,31-33H,7-8,13,15-16,18H2,1-6H3/b11-9+,14-12+,21-17+/t19-,22-,23-,24+,25+,26-,27-,28+,29+,30+/m1/s1. The van der Waals surface area contributed by atoms with Gasteiger partial charge in [-0.05, 0) is 74.3 Å². The van der Waals surface area contributed by atoms with E-state index in [1.54, 1.807) is 0 Å². The molecule has 2 heterocycles. The van der Waals surface area contributed by atoms with Gasteiger partial charge in [0.1, 0.15) is 12.2 Å². The number of hydrogen-bond acceptors (Lipinski definition) is 5. The summed E-state index contributed by atoms with van der Waals surface area (Å²) in [4.78, 5) is 0. The molecule has 5 nitrogen and oxygen atoms in total. The molecule has 3 aliphatic rings. The van der Waals surface area contributed by atoms with Gasteiger partial charge in [-0.25, -0.2) is 0 Å². The second-order valence-corrected chi connectivity index (χ2v) is 11.1. The highest BCUT2D eigenvalue weighted by Crippen LogP contribution is 2.48. The molecule has 5 heteroatoms. The van der Waals surface area contributed by atoms with Crippen LogP contribution in [0, 0.1) is 23.7 Å². The van der Waals surface area contributed by atoms with Crippen LogP contribution >= 0.6 is 0 Å². The van der Waals surface area contributed by atoms with Crippen molar-refractivity contribution in [3.63, 3.8) is 0 Å². The van der Waals surface area contributed by atoms with Crippen molar-refractivity contribution in [3.05, 3.63) is 47.6 Å². The van der Waals surface area contributed by atoms with Crippen LogP contribution in [-0.4, -0.2) is 58.0 Å². The highest BCUT2D eigenvalue weighted by atomic mass is 16.5.